The third kappa shape index (κ3) is 5.11. The van der Waals surface area contributed by atoms with Crippen LogP contribution in [0.1, 0.15) is 105 Å². The van der Waals surface area contributed by atoms with Gasteiger partial charge >= 0.3 is 0 Å². The van der Waals surface area contributed by atoms with Crippen LogP contribution in [0.3, 0.4) is 0 Å². The Morgan fingerprint density at radius 2 is 1.89 bits per heavy atom. The van der Waals surface area contributed by atoms with Gasteiger partial charge in [0, 0.05) is 13.1 Å². The summed E-state index contributed by atoms with van der Waals surface area (Å²) < 4.78 is 6.02. The summed E-state index contributed by atoms with van der Waals surface area (Å²) >= 11 is 0. The molecule has 10 atom stereocenters. The molecule has 3 saturated carbocycles. The van der Waals surface area contributed by atoms with Gasteiger partial charge in [0.25, 0.3) is 0 Å². The van der Waals surface area contributed by atoms with Gasteiger partial charge < -0.3 is 15.6 Å². The number of hydrogen-bond donors (Lipinski definition) is 2. The van der Waals surface area contributed by atoms with Gasteiger partial charge in [-0.3, -0.25) is 4.90 Å². The second-order valence-electron chi connectivity index (χ2n) is 14.8. The minimum absolute atomic E-state index is 0.175. The number of aliphatic hydroxyl groups excluding tert-OH is 1. The Balaban J connectivity index is 1.34. The van der Waals surface area contributed by atoms with Gasteiger partial charge in [-0.1, -0.05) is 60.0 Å². The molecule has 3 N–H and O–H groups in total. The number of morpholine rings is 1. The van der Waals surface area contributed by atoms with Crippen molar-refractivity contribution in [2.45, 2.75) is 123 Å². The molecular weight excluding hydrogens is 456 g/mol. The van der Waals surface area contributed by atoms with Crippen molar-refractivity contribution in [3.63, 3.8) is 0 Å². The van der Waals surface area contributed by atoms with Crippen molar-refractivity contribution in [1.29, 1.82) is 0 Å². The largest absolute Gasteiger partial charge is 0.391 e. The minimum atomic E-state index is -0.246. The Kier molecular flexibility index (Phi) is 8.53. The van der Waals surface area contributed by atoms with Crippen LogP contribution in [0, 0.1) is 46.3 Å². The molecule has 0 bridgehead atoms. The van der Waals surface area contributed by atoms with Gasteiger partial charge in [-0.15, -0.1) is 0 Å². The summed E-state index contributed by atoms with van der Waals surface area (Å²) in [5.41, 5.74) is 8.24. The molecule has 37 heavy (non-hydrogen) atoms. The van der Waals surface area contributed by atoms with E-state index in [1.54, 1.807) is 5.57 Å². The van der Waals surface area contributed by atoms with Crippen molar-refractivity contribution in [1.82, 2.24) is 4.90 Å². The monoisotopic (exact) mass is 514 g/mol. The molecule has 1 heterocycles. The molecule has 4 fully saturated rings. The van der Waals surface area contributed by atoms with E-state index in [1.165, 1.54) is 51.4 Å². The molecule has 5 aliphatic rings. The first-order valence-corrected chi connectivity index (χ1v) is 16.1. The van der Waals surface area contributed by atoms with Crippen LogP contribution in [0.4, 0.5) is 0 Å². The van der Waals surface area contributed by atoms with Gasteiger partial charge in [0.2, 0.25) is 0 Å². The summed E-state index contributed by atoms with van der Waals surface area (Å²) in [6.45, 7) is 15.9. The number of fused-ring (bicyclic) bond motifs is 5. The first-order valence-electron chi connectivity index (χ1n) is 16.1. The molecule has 0 amide bonds. The van der Waals surface area contributed by atoms with E-state index in [2.05, 4.69) is 45.6 Å². The Morgan fingerprint density at radius 3 is 2.65 bits per heavy atom. The third-order valence-electron chi connectivity index (χ3n) is 12.4. The molecule has 0 aromatic heterocycles. The van der Waals surface area contributed by atoms with Crippen molar-refractivity contribution >= 4 is 0 Å². The average molecular weight is 515 g/mol. The van der Waals surface area contributed by atoms with Crippen LogP contribution in [0.5, 0.6) is 0 Å². The zero-order valence-corrected chi connectivity index (χ0v) is 24.8. The summed E-state index contributed by atoms with van der Waals surface area (Å²) in [6, 6.07) is 0.175. The van der Waals surface area contributed by atoms with E-state index in [1.807, 2.05) is 0 Å². The molecule has 1 aliphatic heterocycles. The fourth-order valence-corrected chi connectivity index (χ4v) is 10.5. The van der Waals surface area contributed by atoms with Crippen molar-refractivity contribution in [2.75, 3.05) is 26.2 Å². The predicted octanol–water partition coefficient (Wildman–Crippen LogP) is 6.42. The Morgan fingerprint density at radius 1 is 1.08 bits per heavy atom. The molecule has 0 radical (unpaired) electrons. The fraction of sp³-hybridized carbons (Fsp3) is 0.939. The number of nitrogens with zero attached hydrogens (tertiary/aromatic N) is 1. The van der Waals surface area contributed by atoms with Gasteiger partial charge in [-0.05, 0) is 110 Å². The third-order valence-corrected chi connectivity index (χ3v) is 12.4. The molecule has 0 aromatic rings. The first kappa shape index (κ1) is 28.1. The van der Waals surface area contributed by atoms with Crippen molar-refractivity contribution < 1.29 is 9.84 Å². The highest BCUT2D eigenvalue weighted by atomic mass is 16.5. The first-order chi connectivity index (χ1) is 17.7. The maximum atomic E-state index is 11.3. The van der Waals surface area contributed by atoms with Gasteiger partial charge in [-0.25, -0.2) is 0 Å². The predicted molar refractivity (Wildman–Crippen MR) is 153 cm³/mol. The van der Waals surface area contributed by atoms with Crippen LogP contribution < -0.4 is 5.73 Å². The van der Waals surface area contributed by atoms with Crippen molar-refractivity contribution in [3.05, 3.63) is 11.6 Å². The second kappa shape index (κ2) is 11.2. The van der Waals surface area contributed by atoms with Crippen LogP contribution in [0.15, 0.2) is 11.6 Å². The highest BCUT2D eigenvalue weighted by Gasteiger charge is 2.60. The summed E-state index contributed by atoms with van der Waals surface area (Å²) in [5, 5.41) is 11.3. The number of nitrogens with two attached hydrogens (primary N) is 1. The van der Waals surface area contributed by atoms with E-state index < -0.39 is 0 Å². The Hall–Kier alpha value is -0.420. The van der Waals surface area contributed by atoms with E-state index in [9.17, 15) is 5.11 Å². The van der Waals surface area contributed by atoms with E-state index in [-0.39, 0.29) is 23.7 Å². The van der Waals surface area contributed by atoms with E-state index in [0.717, 1.165) is 74.5 Å². The van der Waals surface area contributed by atoms with Gasteiger partial charge in [0.05, 0.1) is 24.9 Å². The van der Waals surface area contributed by atoms with Gasteiger partial charge in [0.15, 0.2) is 0 Å². The van der Waals surface area contributed by atoms with Gasteiger partial charge in [-0.2, -0.15) is 0 Å². The maximum Gasteiger partial charge on any atom is 0.0734 e. The molecule has 212 valence electrons. The van der Waals surface area contributed by atoms with E-state index >= 15 is 0 Å². The lowest BCUT2D eigenvalue weighted by Crippen LogP contribution is -2.60. The summed E-state index contributed by atoms with van der Waals surface area (Å²) in [7, 11) is 0. The average Bonchev–Trinajstić information content (AvgIpc) is 3.22. The number of hydrogen-bond acceptors (Lipinski definition) is 4. The normalized spacial score (nSPS) is 45.2. The quantitative estimate of drug-likeness (QED) is 0.367. The van der Waals surface area contributed by atoms with Crippen LogP contribution in [0.25, 0.3) is 0 Å². The van der Waals surface area contributed by atoms with Crippen LogP contribution in [-0.4, -0.2) is 54.5 Å². The lowest BCUT2D eigenvalue weighted by Gasteiger charge is -2.60. The highest BCUT2D eigenvalue weighted by molar-refractivity contribution is 5.31. The standard InChI is InChI=1S/C33H58N2O2/c1-22(2)7-6-8-23(3)26-11-12-27-25-9-10-29-31(35-19-20-37-24(21-35)15-18-34)30(36)14-17-33(29,5)28(25)13-16-32(26,27)4/h10,22-28,30-31,36H,6-9,11-21,34H2,1-5H3/t23-,24?,25+,26-,27+,28+,30+,31?,32-,33-/m1/s1. The molecular formula is C33H58N2O2. The molecule has 4 heteroatoms. The zero-order valence-electron chi connectivity index (χ0n) is 24.8. The molecule has 5 rings (SSSR count). The lowest BCUT2D eigenvalue weighted by molar-refractivity contribution is -0.0945. The Bertz CT molecular complexity index is 810. The number of allylic oxidation sites excluding steroid dienone is 1. The smallest absolute Gasteiger partial charge is 0.0734 e. The molecule has 0 spiro atoms. The SMILES string of the molecule is CC(C)CCC[C@@H](C)[C@H]1CC[C@H]2[C@@H]3CC=C4C(N5CCOC(CCN)C5)[C@@H](O)CC[C@]4(C)[C@H]3CC[C@]12C. The summed E-state index contributed by atoms with van der Waals surface area (Å²) in [6.07, 6.45) is 16.8. The summed E-state index contributed by atoms with van der Waals surface area (Å²) in [4.78, 5) is 2.56. The lowest BCUT2D eigenvalue weighted by atomic mass is 9.46. The maximum absolute atomic E-state index is 11.3. The fourth-order valence-electron chi connectivity index (χ4n) is 10.5. The highest BCUT2D eigenvalue weighted by Crippen LogP contribution is 2.67. The number of ether oxygens (including phenoxy) is 1. The number of aliphatic hydroxyl groups is 1. The van der Waals surface area contributed by atoms with E-state index in [4.69, 9.17) is 10.5 Å². The van der Waals surface area contributed by atoms with Crippen LogP contribution in [-0.2, 0) is 4.74 Å². The number of rotatable bonds is 8. The Labute approximate surface area is 228 Å². The van der Waals surface area contributed by atoms with Crippen molar-refractivity contribution in [3.8, 4) is 0 Å². The zero-order chi connectivity index (χ0) is 26.4. The minimum Gasteiger partial charge on any atom is -0.391 e. The molecule has 2 unspecified atom stereocenters. The second-order valence-corrected chi connectivity index (χ2v) is 14.8. The molecule has 1 saturated heterocycles. The topological polar surface area (TPSA) is 58.7 Å². The van der Waals surface area contributed by atoms with E-state index in [0.29, 0.717) is 12.0 Å². The summed E-state index contributed by atoms with van der Waals surface area (Å²) in [5.74, 6) is 5.13. The van der Waals surface area contributed by atoms with Crippen LogP contribution >= 0.6 is 0 Å². The molecule has 4 aliphatic carbocycles. The molecule has 0 aromatic carbocycles. The van der Waals surface area contributed by atoms with Gasteiger partial charge in [0.1, 0.15) is 0 Å². The van der Waals surface area contributed by atoms with Crippen LogP contribution in [0.2, 0.25) is 0 Å². The molecule has 4 nitrogen and oxygen atoms in total. The van der Waals surface area contributed by atoms with Crippen molar-refractivity contribution in [2.24, 2.45) is 52.1 Å².